The summed E-state index contributed by atoms with van der Waals surface area (Å²) in [6.07, 6.45) is 0.920. The van der Waals surface area contributed by atoms with Crippen LogP contribution in [0.15, 0.2) is 248 Å². The first kappa shape index (κ1) is 39.5. The van der Waals surface area contributed by atoms with E-state index in [1.807, 2.05) is 12.1 Å². The lowest BCUT2D eigenvalue weighted by Crippen LogP contribution is -2.20. The van der Waals surface area contributed by atoms with Gasteiger partial charge in [0.25, 0.3) is 0 Å². The third kappa shape index (κ3) is 7.13. The Morgan fingerprint density at radius 1 is 0.364 bits per heavy atom. The minimum atomic E-state index is 0.170. The highest BCUT2D eigenvalue weighted by Crippen LogP contribution is 2.56. The van der Waals surface area contributed by atoms with E-state index < -0.39 is 0 Å². The summed E-state index contributed by atoms with van der Waals surface area (Å²) in [6.45, 7) is 0. The van der Waals surface area contributed by atoms with Gasteiger partial charge in [-0.1, -0.05) is 206 Å². The number of halogens is 1. The van der Waals surface area contributed by atoms with E-state index >= 15 is 0 Å². The van der Waals surface area contributed by atoms with Crippen molar-refractivity contribution in [1.82, 2.24) is 0 Å². The fraction of sp³-hybridized carbons (Fsp3) is 0.0317. The van der Waals surface area contributed by atoms with Gasteiger partial charge in [-0.15, -0.1) is 0 Å². The molecule has 1 unspecified atom stereocenters. The van der Waals surface area contributed by atoms with E-state index in [0.717, 1.165) is 85.0 Å². The molecule has 0 bridgehead atoms. The number of fused-ring (bicyclic) bond motifs is 6. The van der Waals surface area contributed by atoms with Crippen molar-refractivity contribution in [2.75, 3.05) is 4.90 Å². The van der Waals surface area contributed by atoms with Crippen molar-refractivity contribution in [3.05, 3.63) is 264 Å². The number of hydrogen-bond donors (Lipinski definition) is 0. The van der Waals surface area contributed by atoms with Gasteiger partial charge in [0.2, 0.25) is 0 Å². The SMILES string of the molecule is Clc1ccccc1N1c2ccc(-c3ccc(C4=Nc5ccccc5CC4c4ccccc4)cc3)cc2-c2ccccc2-c2cccc(-c3cc(-c4ccccc4)cc(-c4ccccc4)c3)c21. The predicted octanol–water partition coefficient (Wildman–Crippen LogP) is 17.6. The number of para-hydroxylation sites is 3. The molecule has 2 aliphatic heterocycles. The van der Waals surface area contributed by atoms with Gasteiger partial charge >= 0.3 is 0 Å². The second-order valence-corrected chi connectivity index (χ2v) is 17.6. The molecule has 10 aromatic carbocycles. The van der Waals surface area contributed by atoms with E-state index in [-0.39, 0.29) is 5.92 Å². The van der Waals surface area contributed by atoms with E-state index in [0.29, 0.717) is 5.02 Å². The Morgan fingerprint density at radius 2 is 0.894 bits per heavy atom. The average molecular weight is 864 g/mol. The lowest BCUT2D eigenvalue weighted by atomic mass is 9.82. The zero-order chi connectivity index (χ0) is 44.0. The molecule has 0 N–H and O–H groups in total. The molecule has 0 amide bonds. The number of aliphatic imine (C=N–C) groups is 1. The Balaban J connectivity index is 1.03. The second kappa shape index (κ2) is 16.8. The number of benzene rings is 10. The minimum Gasteiger partial charge on any atom is -0.307 e. The van der Waals surface area contributed by atoms with E-state index in [1.54, 1.807) is 0 Å². The standard InChI is InChI=1S/C63H43ClN2/c64-58-28-13-15-30-61(58)66-60-36-35-47(44-31-33-46(34-32-44)62-56(45-21-8-3-9-22-45)41-48-23-10-14-29-59(48)65-62)40-57(60)54-25-12-11-24-53(54)55-27-16-26-52(63(55)66)51-38-49(42-17-4-1-5-18-42)37-50(39-51)43-19-6-2-7-20-43/h1-40,56H,41H2. The first-order valence-corrected chi connectivity index (χ1v) is 23.0. The van der Waals surface area contributed by atoms with Gasteiger partial charge in [0.15, 0.2) is 0 Å². The highest BCUT2D eigenvalue weighted by atomic mass is 35.5. The van der Waals surface area contributed by atoms with Gasteiger partial charge in [-0.05, 0) is 122 Å². The number of hydrogen-bond acceptors (Lipinski definition) is 2. The van der Waals surface area contributed by atoms with Gasteiger partial charge in [0.1, 0.15) is 0 Å². The summed E-state index contributed by atoms with van der Waals surface area (Å²) in [7, 11) is 0. The zero-order valence-electron chi connectivity index (χ0n) is 36.2. The highest BCUT2D eigenvalue weighted by molar-refractivity contribution is 6.34. The Bertz CT molecular complexity index is 3390. The first-order valence-electron chi connectivity index (χ1n) is 22.6. The molecule has 0 spiro atoms. The Hall–Kier alpha value is -8.04. The topological polar surface area (TPSA) is 15.6 Å². The van der Waals surface area contributed by atoms with Gasteiger partial charge in [-0.3, -0.25) is 4.99 Å². The van der Waals surface area contributed by atoms with Gasteiger partial charge in [0, 0.05) is 22.6 Å². The van der Waals surface area contributed by atoms with Gasteiger partial charge < -0.3 is 4.90 Å². The van der Waals surface area contributed by atoms with Crippen LogP contribution in [-0.2, 0) is 6.42 Å². The molecule has 2 aliphatic rings. The fourth-order valence-electron chi connectivity index (χ4n) is 10.1. The normalized spacial score (nSPS) is 13.7. The van der Waals surface area contributed by atoms with Crippen molar-refractivity contribution in [2.24, 2.45) is 4.99 Å². The van der Waals surface area contributed by atoms with Crippen LogP contribution in [0, 0.1) is 0 Å². The van der Waals surface area contributed by atoms with Crippen molar-refractivity contribution in [3.8, 4) is 66.8 Å². The fourth-order valence-corrected chi connectivity index (χ4v) is 10.3. The summed E-state index contributed by atoms with van der Waals surface area (Å²) in [5.41, 5.74) is 22.7. The van der Waals surface area contributed by atoms with Gasteiger partial charge in [-0.25, -0.2) is 0 Å². The number of rotatable bonds is 7. The van der Waals surface area contributed by atoms with Crippen LogP contribution in [0.1, 0.15) is 22.6 Å². The molecular weight excluding hydrogens is 820 g/mol. The summed E-state index contributed by atoms with van der Waals surface area (Å²) >= 11 is 7.30. The van der Waals surface area contributed by atoms with Gasteiger partial charge in [-0.2, -0.15) is 0 Å². The van der Waals surface area contributed by atoms with Crippen LogP contribution >= 0.6 is 11.6 Å². The first-order chi connectivity index (χ1) is 32.6. The van der Waals surface area contributed by atoms with Crippen molar-refractivity contribution in [3.63, 3.8) is 0 Å². The molecule has 0 aliphatic carbocycles. The lowest BCUT2D eigenvalue weighted by Gasteiger charge is -2.30. The molecule has 1 atom stereocenters. The maximum absolute atomic E-state index is 7.30. The monoisotopic (exact) mass is 862 g/mol. The number of nitrogens with zero attached hydrogens (tertiary/aromatic N) is 2. The molecular formula is C63H43ClN2. The minimum absolute atomic E-state index is 0.170. The average Bonchev–Trinajstić information content (AvgIpc) is 3.51. The quantitative estimate of drug-likeness (QED) is 0.156. The van der Waals surface area contributed by atoms with Crippen molar-refractivity contribution < 1.29 is 0 Å². The third-order valence-corrected chi connectivity index (χ3v) is 13.6. The molecule has 3 heteroatoms. The van der Waals surface area contributed by atoms with E-state index in [2.05, 4.69) is 235 Å². The molecule has 66 heavy (non-hydrogen) atoms. The van der Waals surface area contributed by atoms with Crippen molar-refractivity contribution in [2.45, 2.75) is 12.3 Å². The molecule has 312 valence electrons. The van der Waals surface area contributed by atoms with Crippen LogP contribution in [0.4, 0.5) is 22.7 Å². The Labute approximate surface area is 391 Å². The molecule has 0 fully saturated rings. The highest BCUT2D eigenvalue weighted by Gasteiger charge is 2.31. The van der Waals surface area contributed by atoms with E-state index in [1.165, 1.54) is 33.4 Å². The number of anilines is 3. The van der Waals surface area contributed by atoms with Crippen LogP contribution in [0.3, 0.4) is 0 Å². The summed E-state index contributed by atoms with van der Waals surface area (Å²) in [4.78, 5) is 7.70. The van der Waals surface area contributed by atoms with Crippen LogP contribution in [0.2, 0.25) is 5.02 Å². The molecule has 0 aromatic heterocycles. The molecule has 2 nitrogen and oxygen atoms in total. The maximum Gasteiger partial charge on any atom is 0.0665 e. The van der Waals surface area contributed by atoms with Crippen LogP contribution in [0.5, 0.6) is 0 Å². The molecule has 10 aromatic rings. The largest absolute Gasteiger partial charge is 0.307 e. The summed E-state index contributed by atoms with van der Waals surface area (Å²) in [5, 5.41) is 0.680. The zero-order valence-corrected chi connectivity index (χ0v) is 36.9. The molecule has 12 rings (SSSR count). The van der Waals surface area contributed by atoms with E-state index in [4.69, 9.17) is 16.6 Å². The van der Waals surface area contributed by atoms with E-state index in [9.17, 15) is 0 Å². The predicted molar refractivity (Wildman–Crippen MR) is 278 cm³/mol. The molecule has 0 radical (unpaired) electrons. The smallest absolute Gasteiger partial charge is 0.0665 e. The Morgan fingerprint density at radius 3 is 1.61 bits per heavy atom. The molecule has 0 saturated carbocycles. The Kier molecular flexibility index (Phi) is 10.1. The molecule has 2 heterocycles. The summed E-state index contributed by atoms with van der Waals surface area (Å²) < 4.78 is 0. The third-order valence-electron chi connectivity index (χ3n) is 13.3. The van der Waals surface area contributed by atoms with Crippen LogP contribution < -0.4 is 4.90 Å². The maximum atomic E-state index is 7.30. The summed E-state index contributed by atoms with van der Waals surface area (Å²) in [5.74, 6) is 0.170. The van der Waals surface area contributed by atoms with Crippen molar-refractivity contribution >= 4 is 40.1 Å². The van der Waals surface area contributed by atoms with Crippen molar-refractivity contribution in [1.29, 1.82) is 0 Å². The second-order valence-electron chi connectivity index (χ2n) is 17.2. The van der Waals surface area contributed by atoms with Crippen LogP contribution in [-0.4, -0.2) is 5.71 Å². The lowest BCUT2D eigenvalue weighted by molar-refractivity contribution is 0.859. The van der Waals surface area contributed by atoms with Gasteiger partial charge in [0.05, 0.1) is 33.5 Å². The van der Waals surface area contributed by atoms with Crippen LogP contribution in [0.25, 0.3) is 66.8 Å². The summed E-state index contributed by atoms with van der Waals surface area (Å²) in [6, 6.07) is 87.4. The molecule has 0 saturated heterocycles.